The van der Waals surface area contributed by atoms with Crippen molar-refractivity contribution >= 4 is 11.4 Å². The molecule has 0 spiro atoms. The highest BCUT2D eigenvalue weighted by molar-refractivity contribution is 5.49. The fourth-order valence-electron chi connectivity index (χ4n) is 1.38. The molecule has 18 heavy (non-hydrogen) atoms. The van der Waals surface area contributed by atoms with Gasteiger partial charge in [0.2, 0.25) is 0 Å². The number of non-ortho nitro benzene ring substituents is 1. The normalized spacial score (nSPS) is 10.3. The van der Waals surface area contributed by atoms with Gasteiger partial charge >= 0.3 is 0 Å². The monoisotopic (exact) mass is 255 g/mol. The maximum absolute atomic E-state index is 10.8. The summed E-state index contributed by atoms with van der Waals surface area (Å²) in [5, 5.41) is 24.3. The van der Waals surface area contributed by atoms with Crippen molar-refractivity contribution in [2.24, 2.45) is 0 Å². The van der Waals surface area contributed by atoms with Gasteiger partial charge in [-0.15, -0.1) is 0 Å². The number of nitro benzene ring substituents is 2. The van der Waals surface area contributed by atoms with Crippen LogP contribution >= 0.6 is 0 Å². The molecule has 0 fully saturated rings. The SMILES string of the molecule is COCCNCc1ccc([N+](=O)[O-])cc1[N+](=O)[O-]. The van der Waals surface area contributed by atoms with E-state index >= 15 is 0 Å². The maximum Gasteiger partial charge on any atom is 0.280 e. The summed E-state index contributed by atoms with van der Waals surface area (Å²) in [5.41, 5.74) is -0.141. The maximum atomic E-state index is 10.8. The van der Waals surface area contributed by atoms with E-state index in [9.17, 15) is 20.2 Å². The quantitative estimate of drug-likeness (QED) is 0.446. The second-order valence-electron chi connectivity index (χ2n) is 3.50. The molecule has 0 aliphatic carbocycles. The second-order valence-corrected chi connectivity index (χ2v) is 3.50. The molecule has 0 aromatic heterocycles. The van der Waals surface area contributed by atoms with Gasteiger partial charge in [-0.1, -0.05) is 0 Å². The minimum atomic E-state index is -0.658. The first kappa shape index (κ1) is 14.0. The molecule has 0 unspecified atom stereocenters. The van der Waals surface area contributed by atoms with Crippen LogP contribution in [0.5, 0.6) is 0 Å². The zero-order valence-corrected chi connectivity index (χ0v) is 9.79. The first-order chi connectivity index (χ1) is 8.56. The van der Waals surface area contributed by atoms with Crippen LogP contribution in [0.2, 0.25) is 0 Å². The number of rotatable bonds is 7. The third-order valence-electron chi connectivity index (χ3n) is 2.27. The standard InChI is InChI=1S/C10H13N3O5/c1-18-5-4-11-7-8-2-3-9(12(14)15)6-10(8)13(16)17/h2-3,6,11H,4-5,7H2,1H3. The number of methoxy groups -OCH3 is 1. The highest BCUT2D eigenvalue weighted by Crippen LogP contribution is 2.24. The number of hydrogen-bond donors (Lipinski definition) is 1. The Bertz CT molecular complexity index is 449. The average Bonchev–Trinajstić information content (AvgIpc) is 2.34. The molecule has 0 atom stereocenters. The number of nitro groups is 2. The highest BCUT2D eigenvalue weighted by atomic mass is 16.6. The van der Waals surface area contributed by atoms with E-state index in [4.69, 9.17) is 4.74 Å². The Kier molecular flexibility index (Phi) is 5.15. The molecule has 1 aromatic rings. The van der Waals surface area contributed by atoms with Gasteiger partial charge in [-0.2, -0.15) is 0 Å². The minimum Gasteiger partial charge on any atom is -0.383 e. The van der Waals surface area contributed by atoms with Crippen molar-refractivity contribution in [1.82, 2.24) is 5.32 Å². The van der Waals surface area contributed by atoms with Gasteiger partial charge < -0.3 is 10.1 Å². The molecule has 0 heterocycles. The van der Waals surface area contributed by atoms with Crippen LogP contribution < -0.4 is 5.32 Å². The van der Waals surface area contributed by atoms with Crippen molar-refractivity contribution in [2.75, 3.05) is 20.3 Å². The van der Waals surface area contributed by atoms with E-state index in [0.29, 0.717) is 18.7 Å². The third-order valence-corrected chi connectivity index (χ3v) is 2.27. The molecule has 98 valence electrons. The van der Waals surface area contributed by atoms with Gasteiger partial charge in [-0.3, -0.25) is 20.2 Å². The molecule has 0 radical (unpaired) electrons. The van der Waals surface area contributed by atoms with Crippen LogP contribution in [0.3, 0.4) is 0 Å². The average molecular weight is 255 g/mol. The minimum absolute atomic E-state index is 0.255. The van der Waals surface area contributed by atoms with Gasteiger partial charge in [0, 0.05) is 31.8 Å². The molecule has 1 aromatic carbocycles. The Morgan fingerprint density at radius 2 is 2.00 bits per heavy atom. The van der Waals surface area contributed by atoms with Crippen molar-refractivity contribution < 1.29 is 14.6 Å². The second kappa shape index (κ2) is 6.62. The van der Waals surface area contributed by atoms with Crippen LogP contribution in [0, 0.1) is 20.2 Å². The summed E-state index contributed by atoms with van der Waals surface area (Å²) in [4.78, 5) is 20.1. The summed E-state index contributed by atoms with van der Waals surface area (Å²) in [6, 6.07) is 3.60. The van der Waals surface area contributed by atoms with E-state index in [1.165, 1.54) is 12.1 Å². The molecule has 8 heteroatoms. The molecule has 0 aliphatic heterocycles. The number of ether oxygens (including phenoxy) is 1. The zero-order chi connectivity index (χ0) is 13.5. The van der Waals surface area contributed by atoms with Gasteiger partial charge in [0.25, 0.3) is 11.4 Å². The lowest BCUT2D eigenvalue weighted by atomic mass is 10.1. The summed E-state index contributed by atoms with van der Waals surface area (Å²) in [6.45, 7) is 1.29. The van der Waals surface area contributed by atoms with Gasteiger partial charge in [0.1, 0.15) is 0 Å². The topological polar surface area (TPSA) is 108 Å². The highest BCUT2D eigenvalue weighted by Gasteiger charge is 2.18. The van der Waals surface area contributed by atoms with Crippen LogP contribution in [-0.4, -0.2) is 30.1 Å². The number of nitrogens with one attached hydrogen (secondary N) is 1. The summed E-state index contributed by atoms with van der Waals surface area (Å²) < 4.78 is 4.82. The fourth-order valence-corrected chi connectivity index (χ4v) is 1.38. The number of benzene rings is 1. The lowest BCUT2D eigenvalue weighted by Crippen LogP contribution is -2.19. The van der Waals surface area contributed by atoms with Crippen LogP contribution in [0.4, 0.5) is 11.4 Å². The first-order valence-corrected chi connectivity index (χ1v) is 5.17. The predicted molar refractivity (Wildman–Crippen MR) is 63.3 cm³/mol. The lowest BCUT2D eigenvalue weighted by Gasteiger charge is -2.05. The Hall–Kier alpha value is -2.06. The molecule has 1 rings (SSSR count). The first-order valence-electron chi connectivity index (χ1n) is 5.17. The van der Waals surface area contributed by atoms with E-state index in [-0.39, 0.29) is 17.9 Å². The predicted octanol–water partition coefficient (Wildman–Crippen LogP) is 1.24. The van der Waals surface area contributed by atoms with Crippen molar-refractivity contribution in [3.8, 4) is 0 Å². The smallest absolute Gasteiger partial charge is 0.280 e. The lowest BCUT2D eigenvalue weighted by molar-refractivity contribution is -0.394. The van der Waals surface area contributed by atoms with E-state index in [2.05, 4.69) is 5.32 Å². The van der Waals surface area contributed by atoms with Crippen LogP contribution in [0.1, 0.15) is 5.56 Å². The van der Waals surface area contributed by atoms with Gasteiger partial charge in [0.05, 0.1) is 22.5 Å². The largest absolute Gasteiger partial charge is 0.383 e. The van der Waals surface area contributed by atoms with Crippen LogP contribution in [0.25, 0.3) is 0 Å². The van der Waals surface area contributed by atoms with E-state index in [0.717, 1.165) is 6.07 Å². The zero-order valence-electron chi connectivity index (χ0n) is 9.79. The Morgan fingerprint density at radius 3 is 2.56 bits per heavy atom. The molecule has 0 saturated carbocycles. The molecule has 0 aliphatic rings. The molecule has 1 N–H and O–H groups in total. The number of hydrogen-bond acceptors (Lipinski definition) is 6. The summed E-state index contributed by atoms with van der Waals surface area (Å²) >= 11 is 0. The van der Waals surface area contributed by atoms with Gasteiger partial charge in [0.15, 0.2) is 0 Å². The van der Waals surface area contributed by atoms with Crippen LogP contribution in [-0.2, 0) is 11.3 Å². The molecule has 0 amide bonds. The molecule has 8 nitrogen and oxygen atoms in total. The summed E-state index contributed by atoms with van der Waals surface area (Å²) in [6.07, 6.45) is 0. The van der Waals surface area contributed by atoms with E-state index < -0.39 is 9.85 Å². The van der Waals surface area contributed by atoms with Crippen molar-refractivity contribution in [3.63, 3.8) is 0 Å². The summed E-state index contributed by atoms with van der Waals surface area (Å²) in [5.74, 6) is 0. The molecular weight excluding hydrogens is 242 g/mol. The van der Waals surface area contributed by atoms with Crippen molar-refractivity contribution in [2.45, 2.75) is 6.54 Å². The van der Waals surface area contributed by atoms with Crippen LogP contribution in [0.15, 0.2) is 18.2 Å². The van der Waals surface area contributed by atoms with Gasteiger partial charge in [-0.05, 0) is 6.07 Å². The summed E-state index contributed by atoms with van der Waals surface area (Å²) in [7, 11) is 1.55. The Labute approximate surface area is 103 Å². The third kappa shape index (κ3) is 3.75. The number of nitrogens with zero attached hydrogens (tertiary/aromatic N) is 2. The molecule has 0 saturated heterocycles. The Morgan fingerprint density at radius 1 is 1.28 bits per heavy atom. The molecule has 0 bridgehead atoms. The Balaban J connectivity index is 2.83. The van der Waals surface area contributed by atoms with E-state index in [1.54, 1.807) is 7.11 Å². The fraction of sp³-hybridized carbons (Fsp3) is 0.400. The van der Waals surface area contributed by atoms with Gasteiger partial charge in [-0.25, -0.2) is 0 Å². The van der Waals surface area contributed by atoms with Crippen molar-refractivity contribution in [3.05, 3.63) is 44.0 Å². The van der Waals surface area contributed by atoms with E-state index in [1.807, 2.05) is 0 Å². The van der Waals surface area contributed by atoms with Crippen molar-refractivity contribution in [1.29, 1.82) is 0 Å². The molecular formula is C10H13N3O5.